The second-order valence-corrected chi connectivity index (χ2v) is 5.03. The van der Waals surface area contributed by atoms with Crippen molar-refractivity contribution in [2.75, 3.05) is 6.61 Å². The fourth-order valence-electron chi connectivity index (χ4n) is 2.03. The van der Waals surface area contributed by atoms with Crippen LogP contribution in [0.3, 0.4) is 0 Å². The van der Waals surface area contributed by atoms with E-state index in [1.807, 2.05) is 0 Å². The Hall–Kier alpha value is -3.11. The first kappa shape index (κ1) is 19.2. The van der Waals surface area contributed by atoms with Crippen LogP contribution in [0.2, 0.25) is 0 Å². The molecule has 0 aliphatic rings. The number of carbonyl (C=O) groups excluding carboxylic acids is 2. The van der Waals surface area contributed by atoms with Gasteiger partial charge in [0.2, 0.25) is 11.6 Å². The van der Waals surface area contributed by atoms with Crippen LogP contribution in [0.25, 0.3) is 0 Å². The Labute approximate surface area is 147 Å². The molecule has 0 saturated heterocycles. The lowest BCUT2D eigenvalue weighted by molar-refractivity contribution is -0.0498. The summed E-state index contributed by atoms with van der Waals surface area (Å²) in [6.45, 7) is -3.18. The van der Waals surface area contributed by atoms with Crippen LogP contribution in [0.15, 0.2) is 42.5 Å². The van der Waals surface area contributed by atoms with E-state index in [9.17, 15) is 22.8 Å². The first-order valence-corrected chi connectivity index (χ1v) is 7.45. The Morgan fingerprint density at radius 2 is 1.65 bits per heavy atom. The highest BCUT2D eigenvalue weighted by Crippen LogP contribution is 2.17. The molecule has 0 radical (unpaired) electrons. The Morgan fingerprint density at radius 3 is 2.27 bits per heavy atom. The van der Waals surface area contributed by atoms with Gasteiger partial charge in [0.05, 0.1) is 12.2 Å². The van der Waals surface area contributed by atoms with Crippen LogP contribution < -0.4 is 4.74 Å². The fourth-order valence-corrected chi connectivity index (χ4v) is 2.03. The van der Waals surface area contributed by atoms with Crippen molar-refractivity contribution in [3.05, 3.63) is 65.0 Å². The topological polar surface area (TPSA) is 63.6 Å². The molecule has 1 N–H and O–H groups in total. The molecule has 0 bridgehead atoms. The van der Waals surface area contributed by atoms with E-state index in [0.29, 0.717) is 0 Å². The molecule has 0 atom stereocenters. The molecule has 2 aromatic rings. The maximum Gasteiger partial charge on any atom is 0.387 e. The van der Waals surface area contributed by atoms with E-state index < -0.39 is 24.0 Å². The largest absolute Gasteiger partial charge is 0.435 e. The zero-order valence-electron chi connectivity index (χ0n) is 13.3. The number of halogens is 3. The molecule has 134 valence electrons. The van der Waals surface area contributed by atoms with Gasteiger partial charge in [-0.3, -0.25) is 9.59 Å². The van der Waals surface area contributed by atoms with Gasteiger partial charge in [0.15, 0.2) is 0 Å². The molecule has 0 aliphatic heterocycles. The fraction of sp³-hybridized carbons (Fsp3) is 0.158. The van der Waals surface area contributed by atoms with E-state index in [2.05, 4.69) is 16.6 Å². The average molecular weight is 362 g/mol. The molecule has 0 amide bonds. The minimum absolute atomic E-state index is 0.0196. The summed E-state index contributed by atoms with van der Waals surface area (Å²) >= 11 is 0. The number of ketones is 2. The number of alkyl halides is 2. The van der Waals surface area contributed by atoms with Crippen molar-refractivity contribution in [1.82, 2.24) is 0 Å². The van der Waals surface area contributed by atoms with Crippen LogP contribution in [0.1, 0.15) is 32.7 Å². The highest BCUT2D eigenvalue weighted by Gasteiger charge is 2.19. The maximum absolute atomic E-state index is 13.7. The zero-order valence-corrected chi connectivity index (χ0v) is 13.3. The first-order valence-electron chi connectivity index (χ1n) is 7.45. The Kier molecular flexibility index (Phi) is 6.53. The lowest BCUT2D eigenvalue weighted by Gasteiger charge is -2.05. The van der Waals surface area contributed by atoms with Crippen molar-refractivity contribution in [2.45, 2.75) is 13.0 Å². The highest BCUT2D eigenvalue weighted by molar-refractivity contribution is 6.49. The Balaban J connectivity index is 2.21. The second kappa shape index (κ2) is 8.83. The number of ether oxygens (including phenoxy) is 1. The lowest BCUT2D eigenvalue weighted by atomic mass is 9.99. The molecule has 2 aromatic carbocycles. The number of rotatable bonds is 6. The molecular formula is C19H13F3O4. The smallest absolute Gasteiger partial charge is 0.387 e. The standard InChI is InChI=1S/C19H13F3O4/c20-16-9-6-14(11-13(16)3-1-2-10-23)18(25)17(24)12-4-7-15(8-5-12)26-19(21)22/h4-9,11,19,23H,2,10H2. The van der Waals surface area contributed by atoms with Gasteiger partial charge >= 0.3 is 6.61 Å². The van der Waals surface area contributed by atoms with Crippen LogP contribution in [0, 0.1) is 17.7 Å². The van der Waals surface area contributed by atoms with Crippen LogP contribution in [-0.4, -0.2) is 29.9 Å². The van der Waals surface area contributed by atoms with Gasteiger partial charge in [-0.2, -0.15) is 8.78 Å². The normalized spacial score (nSPS) is 10.2. The third-order valence-electron chi connectivity index (χ3n) is 3.24. The number of Topliss-reactive ketones (excluding diaryl/α,β-unsaturated/α-hetero) is 2. The van der Waals surface area contributed by atoms with Gasteiger partial charge in [0.25, 0.3) is 0 Å². The molecule has 0 unspecified atom stereocenters. The summed E-state index contributed by atoms with van der Waals surface area (Å²) in [5.41, 5.74) is -0.149. The van der Waals surface area contributed by atoms with Gasteiger partial charge < -0.3 is 9.84 Å². The number of carbonyl (C=O) groups is 2. The van der Waals surface area contributed by atoms with Crippen LogP contribution >= 0.6 is 0 Å². The summed E-state index contributed by atoms with van der Waals surface area (Å²) in [6, 6.07) is 7.97. The Morgan fingerprint density at radius 1 is 1.04 bits per heavy atom. The van der Waals surface area contributed by atoms with Gasteiger partial charge in [-0.15, -0.1) is 0 Å². The Bertz CT molecular complexity index is 865. The van der Waals surface area contributed by atoms with Gasteiger partial charge in [-0.1, -0.05) is 11.8 Å². The summed E-state index contributed by atoms with van der Waals surface area (Å²) in [5, 5.41) is 8.68. The zero-order chi connectivity index (χ0) is 19.1. The summed E-state index contributed by atoms with van der Waals surface area (Å²) in [6.07, 6.45) is 0.142. The van der Waals surface area contributed by atoms with E-state index >= 15 is 0 Å². The quantitative estimate of drug-likeness (QED) is 0.487. The summed E-state index contributed by atoms with van der Waals surface area (Å²) in [7, 11) is 0. The van der Waals surface area contributed by atoms with Crippen LogP contribution in [-0.2, 0) is 0 Å². The van der Waals surface area contributed by atoms with Crippen molar-refractivity contribution in [3.63, 3.8) is 0 Å². The van der Waals surface area contributed by atoms with Crippen molar-refractivity contribution in [3.8, 4) is 17.6 Å². The van der Waals surface area contributed by atoms with Gasteiger partial charge in [-0.05, 0) is 42.5 Å². The van der Waals surface area contributed by atoms with E-state index in [4.69, 9.17) is 5.11 Å². The van der Waals surface area contributed by atoms with Crippen molar-refractivity contribution in [1.29, 1.82) is 0 Å². The molecule has 0 aliphatic carbocycles. The van der Waals surface area contributed by atoms with Crippen molar-refractivity contribution >= 4 is 11.6 Å². The molecule has 0 aromatic heterocycles. The van der Waals surface area contributed by atoms with Gasteiger partial charge in [0.1, 0.15) is 11.6 Å². The third-order valence-corrected chi connectivity index (χ3v) is 3.24. The van der Waals surface area contributed by atoms with E-state index in [1.165, 1.54) is 12.1 Å². The van der Waals surface area contributed by atoms with Crippen LogP contribution in [0.5, 0.6) is 5.75 Å². The monoisotopic (exact) mass is 362 g/mol. The molecule has 0 spiro atoms. The molecule has 2 rings (SSSR count). The molecular weight excluding hydrogens is 349 g/mol. The number of aliphatic hydroxyl groups excluding tert-OH is 1. The minimum Gasteiger partial charge on any atom is -0.435 e. The number of hydrogen-bond donors (Lipinski definition) is 1. The maximum atomic E-state index is 13.7. The molecule has 26 heavy (non-hydrogen) atoms. The number of aliphatic hydroxyl groups is 1. The van der Waals surface area contributed by atoms with Crippen molar-refractivity contribution < 1.29 is 32.6 Å². The molecule has 7 heteroatoms. The third kappa shape index (κ3) is 4.94. The average Bonchev–Trinajstić information content (AvgIpc) is 2.62. The predicted octanol–water partition coefficient (Wildman–Crippen LogP) is 3.23. The van der Waals surface area contributed by atoms with E-state index in [1.54, 1.807) is 0 Å². The van der Waals surface area contributed by atoms with Gasteiger partial charge in [0, 0.05) is 17.5 Å². The molecule has 0 heterocycles. The number of hydrogen-bond acceptors (Lipinski definition) is 4. The molecule has 4 nitrogen and oxygen atoms in total. The SMILES string of the molecule is O=C(C(=O)c1ccc(F)c(C#CCCO)c1)c1ccc(OC(F)F)cc1. The predicted molar refractivity (Wildman–Crippen MR) is 86.7 cm³/mol. The van der Waals surface area contributed by atoms with Crippen LogP contribution in [0.4, 0.5) is 13.2 Å². The lowest BCUT2D eigenvalue weighted by Crippen LogP contribution is -2.15. The number of benzene rings is 2. The van der Waals surface area contributed by atoms with E-state index in [-0.39, 0.29) is 35.5 Å². The minimum atomic E-state index is -3.00. The van der Waals surface area contributed by atoms with Gasteiger partial charge in [-0.25, -0.2) is 4.39 Å². The molecule has 0 fully saturated rings. The van der Waals surface area contributed by atoms with Crippen molar-refractivity contribution in [2.24, 2.45) is 0 Å². The first-order chi connectivity index (χ1) is 12.4. The summed E-state index contributed by atoms with van der Waals surface area (Å²) < 4.78 is 42.1. The summed E-state index contributed by atoms with van der Waals surface area (Å²) in [4.78, 5) is 24.5. The highest BCUT2D eigenvalue weighted by atomic mass is 19.3. The molecule has 0 saturated carbocycles. The summed E-state index contributed by atoms with van der Waals surface area (Å²) in [5.74, 6) is 2.43. The second-order valence-electron chi connectivity index (χ2n) is 5.03. The van der Waals surface area contributed by atoms with E-state index in [0.717, 1.165) is 30.3 Å².